The first-order valence-corrected chi connectivity index (χ1v) is 11.2. The molecule has 0 saturated carbocycles. The van der Waals surface area contributed by atoms with Gasteiger partial charge in [-0.25, -0.2) is 8.42 Å². The van der Waals surface area contributed by atoms with E-state index in [-0.39, 0.29) is 23.3 Å². The Bertz CT molecular complexity index is 1140. The van der Waals surface area contributed by atoms with Gasteiger partial charge in [-0.1, -0.05) is 54.1 Å². The summed E-state index contributed by atoms with van der Waals surface area (Å²) in [6.07, 6.45) is 1.34. The van der Waals surface area contributed by atoms with Gasteiger partial charge in [0, 0.05) is 24.2 Å². The number of nitrogens with zero attached hydrogens (tertiary/aromatic N) is 1. The van der Waals surface area contributed by atoms with Crippen molar-refractivity contribution in [3.05, 3.63) is 72.3 Å². The molecule has 1 saturated heterocycles. The van der Waals surface area contributed by atoms with E-state index in [2.05, 4.69) is 5.32 Å². The Morgan fingerprint density at radius 2 is 1.72 bits per heavy atom. The lowest BCUT2D eigenvalue weighted by atomic mass is 9.98. The highest BCUT2D eigenvalue weighted by Crippen LogP contribution is 2.27. The molecule has 6 heteroatoms. The number of nitrogens with one attached hydrogen (secondary N) is 1. The SMILES string of the molecule is Cc1ccc(S(=O)(=O)N2CCCC(C(=O)Nc3cccc4ccccc34)C2)cc1. The van der Waals surface area contributed by atoms with Crippen molar-refractivity contribution in [3.63, 3.8) is 0 Å². The molecule has 3 aromatic carbocycles. The Balaban J connectivity index is 1.52. The molecule has 1 heterocycles. The lowest BCUT2D eigenvalue weighted by Crippen LogP contribution is -2.43. The maximum absolute atomic E-state index is 13.0. The molecule has 1 unspecified atom stereocenters. The van der Waals surface area contributed by atoms with Crippen LogP contribution in [0.15, 0.2) is 71.6 Å². The molecule has 0 radical (unpaired) electrons. The summed E-state index contributed by atoms with van der Waals surface area (Å²) in [5, 5.41) is 5.04. The third kappa shape index (κ3) is 4.04. The molecule has 1 amide bonds. The van der Waals surface area contributed by atoms with Crippen LogP contribution in [0.25, 0.3) is 10.8 Å². The smallest absolute Gasteiger partial charge is 0.243 e. The fraction of sp³-hybridized carbons (Fsp3) is 0.261. The number of hydrogen-bond donors (Lipinski definition) is 1. The van der Waals surface area contributed by atoms with Crippen LogP contribution in [0, 0.1) is 12.8 Å². The number of carbonyl (C=O) groups is 1. The molecule has 0 spiro atoms. The standard InChI is InChI=1S/C23H24N2O3S/c1-17-11-13-20(14-12-17)29(27,28)25-15-5-8-19(16-25)23(26)24-22-10-4-7-18-6-2-3-9-21(18)22/h2-4,6-7,9-14,19H,5,8,15-16H2,1H3,(H,24,26). The normalized spacial score (nSPS) is 17.9. The van der Waals surface area contributed by atoms with Gasteiger partial charge in [0.1, 0.15) is 0 Å². The summed E-state index contributed by atoms with van der Waals surface area (Å²) in [5.74, 6) is -0.506. The fourth-order valence-corrected chi connectivity index (χ4v) is 5.33. The van der Waals surface area contributed by atoms with Gasteiger partial charge in [-0.15, -0.1) is 0 Å². The summed E-state index contributed by atoms with van der Waals surface area (Å²) in [5.41, 5.74) is 1.77. The maximum Gasteiger partial charge on any atom is 0.243 e. The number of sulfonamides is 1. The number of anilines is 1. The van der Waals surface area contributed by atoms with E-state index in [0.29, 0.717) is 19.4 Å². The number of fused-ring (bicyclic) bond motifs is 1. The predicted molar refractivity (Wildman–Crippen MR) is 115 cm³/mol. The number of rotatable bonds is 4. The second-order valence-electron chi connectivity index (χ2n) is 7.53. The van der Waals surface area contributed by atoms with Gasteiger partial charge in [-0.2, -0.15) is 4.31 Å². The van der Waals surface area contributed by atoms with Gasteiger partial charge < -0.3 is 5.32 Å². The maximum atomic E-state index is 13.0. The zero-order valence-corrected chi connectivity index (χ0v) is 17.2. The summed E-state index contributed by atoms with van der Waals surface area (Å²) in [6.45, 7) is 2.56. The van der Waals surface area contributed by atoms with Crippen molar-refractivity contribution >= 4 is 32.4 Å². The van der Waals surface area contributed by atoms with Crippen molar-refractivity contribution in [1.29, 1.82) is 0 Å². The third-order valence-electron chi connectivity index (χ3n) is 5.46. The van der Waals surface area contributed by atoms with Gasteiger partial charge in [-0.3, -0.25) is 4.79 Å². The van der Waals surface area contributed by atoms with E-state index in [4.69, 9.17) is 0 Å². The van der Waals surface area contributed by atoms with Gasteiger partial charge in [0.25, 0.3) is 0 Å². The molecule has 3 aromatic rings. The van der Waals surface area contributed by atoms with Gasteiger partial charge in [-0.05, 0) is 43.4 Å². The van der Waals surface area contributed by atoms with Crippen LogP contribution in [0.1, 0.15) is 18.4 Å². The van der Waals surface area contributed by atoms with Gasteiger partial charge in [0.15, 0.2) is 0 Å². The molecule has 29 heavy (non-hydrogen) atoms. The number of aryl methyl sites for hydroxylation is 1. The number of carbonyl (C=O) groups excluding carboxylic acids is 1. The Morgan fingerprint density at radius 1 is 1.00 bits per heavy atom. The molecule has 1 N–H and O–H groups in total. The predicted octanol–water partition coefficient (Wildman–Crippen LogP) is 4.19. The average Bonchev–Trinajstić information content (AvgIpc) is 2.74. The van der Waals surface area contributed by atoms with Crippen LogP contribution >= 0.6 is 0 Å². The molecular weight excluding hydrogens is 384 g/mol. The van der Waals surface area contributed by atoms with Crippen molar-refractivity contribution in [1.82, 2.24) is 4.31 Å². The molecule has 0 aliphatic carbocycles. The van der Waals surface area contributed by atoms with E-state index in [9.17, 15) is 13.2 Å². The molecule has 1 aliphatic heterocycles. The molecule has 1 fully saturated rings. The van der Waals surface area contributed by atoms with Crippen molar-refractivity contribution in [3.8, 4) is 0 Å². The van der Waals surface area contributed by atoms with Crippen molar-refractivity contribution in [2.24, 2.45) is 5.92 Å². The van der Waals surface area contributed by atoms with E-state index in [1.807, 2.05) is 49.4 Å². The number of hydrogen-bond acceptors (Lipinski definition) is 3. The Labute approximate surface area is 171 Å². The summed E-state index contributed by atoms with van der Waals surface area (Å²) >= 11 is 0. The number of benzene rings is 3. The minimum Gasteiger partial charge on any atom is -0.325 e. The first-order valence-electron chi connectivity index (χ1n) is 9.80. The largest absolute Gasteiger partial charge is 0.325 e. The third-order valence-corrected chi connectivity index (χ3v) is 7.34. The van der Waals surface area contributed by atoms with E-state index < -0.39 is 10.0 Å². The highest BCUT2D eigenvalue weighted by Gasteiger charge is 2.33. The lowest BCUT2D eigenvalue weighted by Gasteiger charge is -2.31. The Kier molecular flexibility index (Phi) is 5.39. The van der Waals surface area contributed by atoms with Crippen LogP contribution in [-0.4, -0.2) is 31.7 Å². The molecule has 1 atom stereocenters. The molecule has 0 bridgehead atoms. The van der Waals surface area contributed by atoms with Crippen LogP contribution < -0.4 is 5.32 Å². The summed E-state index contributed by atoms with van der Waals surface area (Å²) in [4.78, 5) is 13.2. The fourth-order valence-electron chi connectivity index (χ4n) is 3.80. The van der Waals surface area contributed by atoms with E-state index in [1.165, 1.54) is 4.31 Å². The van der Waals surface area contributed by atoms with E-state index in [1.54, 1.807) is 24.3 Å². The summed E-state index contributed by atoms with van der Waals surface area (Å²) in [7, 11) is -3.60. The highest BCUT2D eigenvalue weighted by molar-refractivity contribution is 7.89. The van der Waals surface area contributed by atoms with Crippen molar-refractivity contribution < 1.29 is 13.2 Å². The van der Waals surface area contributed by atoms with Gasteiger partial charge >= 0.3 is 0 Å². The quantitative estimate of drug-likeness (QED) is 0.704. The van der Waals surface area contributed by atoms with E-state index in [0.717, 1.165) is 22.0 Å². The molecule has 4 rings (SSSR count). The first kappa shape index (κ1) is 19.6. The second kappa shape index (κ2) is 7.97. The van der Waals surface area contributed by atoms with Crippen LogP contribution in [0.3, 0.4) is 0 Å². The molecule has 150 valence electrons. The molecule has 5 nitrogen and oxygen atoms in total. The van der Waals surface area contributed by atoms with Crippen molar-refractivity contribution in [2.45, 2.75) is 24.7 Å². The molecular formula is C23H24N2O3S. The van der Waals surface area contributed by atoms with E-state index >= 15 is 0 Å². The monoisotopic (exact) mass is 408 g/mol. The number of piperidine rings is 1. The van der Waals surface area contributed by atoms with Crippen molar-refractivity contribution in [2.75, 3.05) is 18.4 Å². The zero-order chi connectivity index (χ0) is 20.4. The minimum atomic E-state index is -3.60. The first-order chi connectivity index (χ1) is 13.9. The highest BCUT2D eigenvalue weighted by atomic mass is 32.2. The molecule has 1 aliphatic rings. The average molecular weight is 409 g/mol. The van der Waals surface area contributed by atoms with Gasteiger partial charge in [0.05, 0.1) is 10.8 Å². The Hall–Kier alpha value is -2.70. The second-order valence-corrected chi connectivity index (χ2v) is 9.47. The summed E-state index contributed by atoms with van der Waals surface area (Å²) < 4.78 is 27.4. The minimum absolute atomic E-state index is 0.134. The summed E-state index contributed by atoms with van der Waals surface area (Å²) in [6, 6.07) is 20.5. The Morgan fingerprint density at radius 3 is 2.52 bits per heavy atom. The van der Waals surface area contributed by atoms with Gasteiger partial charge in [0.2, 0.25) is 15.9 Å². The topological polar surface area (TPSA) is 66.5 Å². The van der Waals surface area contributed by atoms with Crippen LogP contribution in [0.2, 0.25) is 0 Å². The molecule has 0 aromatic heterocycles. The van der Waals surface area contributed by atoms with Crippen LogP contribution in [0.4, 0.5) is 5.69 Å². The number of amides is 1. The zero-order valence-electron chi connectivity index (χ0n) is 16.3. The van der Waals surface area contributed by atoms with Crippen LogP contribution in [-0.2, 0) is 14.8 Å². The lowest BCUT2D eigenvalue weighted by molar-refractivity contribution is -0.120. The van der Waals surface area contributed by atoms with Crippen LogP contribution in [0.5, 0.6) is 0 Å².